The summed E-state index contributed by atoms with van der Waals surface area (Å²) < 4.78 is 30.8. The van der Waals surface area contributed by atoms with Crippen molar-refractivity contribution in [1.82, 2.24) is 0 Å². The van der Waals surface area contributed by atoms with Crippen LogP contribution >= 0.6 is 0 Å². The van der Waals surface area contributed by atoms with Crippen LogP contribution in [0, 0.1) is 12.7 Å². The van der Waals surface area contributed by atoms with E-state index in [2.05, 4.69) is 5.32 Å². The number of hydrogen-bond acceptors (Lipinski definition) is 5. The first-order valence-corrected chi connectivity index (χ1v) is 7.47. The van der Waals surface area contributed by atoms with Crippen LogP contribution < -0.4 is 5.32 Å². The number of halogens is 1. The van der Waals surface area contributed by atoms with Crippen LogP contribution in [0.1, 0.15) is 30.8 Å². The maximum atomic E-state index is 14.5. The van der Waals surface area contributed by atoms with Gasteiger partial charge in [0.2, 0.25) is 0 Å². The van der Waals surface area contributed by atoms with Gasteiger partial charge in [-0.15, -0.1) is 0 Å². The van der Waals surface area contributed by atoms with E-state index in [0.717, 1.165) is 0 Å². The van der Waals surface area contributed by atoms with Crippen molar-refractivity contribution in [3.05, 3.63) is 29.3 Å². The Balaban J connectivity index is 1.98. The molecule has 0 bridgehead atoms. The first kappa shape index (κ1) is 15.3. The first-order chi connectivity index (χ1) is 10.6. The summed E-state index contributed by atoms with van der Waals surface area (Å²) in [6.45, 7) is 4.97. The largest absolute Gasteiger partial charge is 0.459 e. The van der Waals surface area contributed by atoms with Crippen LogP contribution in [0.25, 0.3) is 11.0 Å². The topological polar surface area (TPSA) is 63.9 Å². The highest BCUT2D eigenvalue weighted by Gasteiger charge is 2.25. The Labute approximate surface area is 128 Å². The monoisotopic (exact) mass is 309 g/mol. The van der Waals surface area contributed by atoms with Gasteiger partial charge in [-0.3, -0.25) is 0 Å². The number of ether oxygens (including phenoxy) is 2. The Morgan fingerprint density at radius 1 is 1.41 bits per heavy atom. The summed E-state index contributed by atoms with van der Waals surface area (Å²) in [6.07, 6.45) is 1.12. The van der Waals surface area contributed by atoms with E-state index in [4.69, 9.17) is 13.9 Å². The van der Waals surface area contributed by atoms with Gasteiger partial charge in [0.1, 0.15) is 6.26 Å². The van der Waals surface area contributed by atoms with Crippen LogP contribution in [0.5, 0.6) is 0 Å². The number of hydrogen-bond donors (Lipinski definition) is 2. The Morgan fingerprint density at radius 2 is 2.14 bits per heavy atom. The maximum Gasteiger partial charge on any atom is 0.184 e. The molecule has 3 rings (SSSR count). The molecule has 2 aromatic rings. The summed E-state index contributed by atoms with van der Waals surface area (Å²) in [5.74, 6) is -0.407. The van der Waals surface area contributed by atoms with Gasteiger partial charge in [-0.2, -0.15) is 0 Å². The molecule has 6 heteroatoms. The normalized spacial score (nSPS) is 17.3. The standard InChI is InChI=1S/C16H20FNO4/c1-3-10(19)7-18-13-8-22-15-12(13)6-11(9(2)14(15)17)16-20-4-5-21-16/h6,8,10,16,18-19H,3-5,7H2,1-2H3/t10-/m1/s1. The summed E-state index contributed by atoms with van der Waals surface area (Å²) in [5, 5.41) is 13.4. The highest BCUT2D eigenvalue weighted by atomic mass is 19.1. The molecule has 2 heterocycles. The second kappa shape index (κ2) is 6.24. The van der Waals surface area contributed by atoms with Crippen LogP contribution in [0.3, 0.4) is 0 Å². The van der Waals surface area contributed by atoms with Gasteiger partial charge in [-0.05, 0) is 25.0 Å². The average molecular weight is 309 g/mol. The zero-order chi connectivity index (χ0) is 15.7. The van der Waals surface area contributed by atoms with E-state index in [1.54, 1.807) is 6.92 Å². The van der Waals surface area contributed by atoms with Gasteiger partial charge >= 0.3 is 0 Å². The molecule has 0 radical (unpaired) electrons. The van der Waals surface area contributed by atoms with E-state index < -0.39 is 18.2 Å². The lowest BCUT2D eigenvalue weighted by atomic mass is 10.0. The predicted octanol–water partition coefficient (Wildman–Crippen LogP) is 3.11. The molecular weight excluding hydrogens is 289 g/mol. The number of fused-ring (bicyclic) bond motifs is 1. The van der Waals surface area contributed by atoms with Crippen molar-refractivity contribution in [2.24, 2.45) is 0 Å². The summed E-state index contributed by atoms with van der Waals surface area (Å²) in [5.41, 5.74) is 1.99. The number of rotatable bonds is 5. The van der Waals surface area contributed by atoms with Crippen molar-refractivity contribution in [1.29, 1.82) is 0 Å². The predicted molar refractivity (Wildman–Crippen MR) is 80.3 cm³/mol. The molecule has 1 aromatic heterocycles. The zero-order valence-corrected chi connectivity index (χ0v) is 12.7. The van der Waals surface area contributed by atoms with Crippen molar-refractivity contribution in [3.8, 4) is 0 Å². The fourth-order valence-corrected chi connectivity index (χ4v) is 2.53. The highest BCUT2D eigenvalue weighted by molar-refractivity contribution is 5.92. The molecule has 1 atom stereocenters. The zero-order valence-electron chi connectivity index (χ0n) is 12.7. The lowest BCUT2D eigenvalue weighted by molar-refractivity contribution is -0.0446. The fraction of sp³-hybridized carbons (Fsp3) is 0.500. The number of benzene rings is 1. The minimum atomic E-state index is -0.539. The molecule has 1 aliphatic rings. The van der Waals surface area contributed by atoms with Gasteiger partial charge in [0.25, 0.3) is 0 Å². The van der Waals surface area contributed by atoms with E-state index in [1.165, 1.54) is 6.26 Å². The molecule has 1 saturated heterocycles. The highest BCUT2D eigenvalue weighted by Crippen LogP contribution is 2.36. The fourth-order valence-electron chi connectivity index (χ4n) is 2.53. The molecule has 1 aromatic carbocycles. The lowest BCUT2D eigenvalue weighted by Gasteiger charge is -2.14. The van der Waals surface area contributed by atoms with Crippen LogP contribution in [0.15, 0.2) is 16.7 Å². The second-order valence-electron chi connectivity index (χ2n) is 5.45. The van der Waals surface area contributed by atoms with E-state index in [9.17, 15) is 9.50 Å². The van der Waals surface area contributed by atoms with Crippen molar-refractivity contribution < 1.29 is 23.4 Å². The van der Waals surface area contributed by atoms with Crippen LogP contribution in [0.2, 0.25) is 0 Å². The Morgan fingerprint density at radius 3 is 2.82 bits per heavy atom. The Kier molecular flexibility index (Phi) is 4.33. The number of nitrogens with one attached hydrogen (secondary N) is 1. The van der Waals surface area contributed by atoms with Crippen molar-refractivity contribution in [2.45, 2.75) is 32.7 Å². The molecule has 22 heavy (non-hydrogen) atoms. The first-order valence-electron chi connectivity index (χ1n) is 7.47. The van der Waals surface area contributed by atoms with Gasteiger partial charge in [0, 0.05) is 17.5 Å². The van der Waals surface area contributed by atoms with Crippen LogP contribution in [-0.4, -0.2) is 31.0 Å². The van der Waals surface area contributed by atoms with Crippen molar-refractivity contribution in [3.63, 3.8) is 0 Å². The molecule has 0 unspecified atom stereocenters. The third-order valence-electron chi connectivity index (χ3n) is 3.97. The van der Waals surface area contributed by atoms with E-state index in [1.807, 2.05) is 13.0 Å². The molecule has 0 spiro atoms. The summed E-state index contributed by atoms with van der Waals surface area (Å²) in [4.78, 5) is 0. The molecule has 120 valence electrons. The molecular formula is C16H20FNO4. The van der Waals surface area contributed by atoms with Gasteiger partial charge in [-0.1, -0.05) is 6.92 Å². The third kappa shape index (κ3) is 2.69. The molecule has 1 aliphatic heterocycles. The lowest BCUT2D eigenvalue weighted by Crippen LogP contribution is -2.17. The molecule has 5 nitrogen and oxygen atoms in total. The third-order valence-corrected chi connectivity index (χ3v) is 3.97. The number of aliphatic hydroxyl groups is 1. The minimum absolute atomic E-state index is 0.202. The number of aliphatic hydroxyl groups excluding tert-OH is 1. The maximum absolute atomic E-state index is 14.5. The molecule has 0 aliphatic carbocycles. The van der Waals surface area contributed by atoms with Crippen LogP contribution in [0.4, 0.5) is 10.1 Å². The van der Waals surface area contributed by atoms with Gasteiger partial charge in [0.15, 0.2) is 17.7 Å². The summed E-state index contributed by atoms with van der Waals surface area (Å²) in [6, 6.07) is 1.83. The second-order valence-corrected chi connectivity index (χ2v) is 5.45. The molecule has 0 amide bonds. The van der Waals surface area contributed by atoms with Gasteiger partial charge < -0.3 is 24.3 Å². The Bertz CT molecular complexity index is 664. The number of furan rings is 1. The molecule has 2 N–H and O–H groups in total. The average Bonchev–Trinajstić information content (AvgIpc) is 3.17. The van der Waals surface area contributed by atoms with Crippen molar-refractivity contribution in [2.75, 3.05) is 25.1 Å². The van der Waals surface area contributed by atoms with Crippen LogP contribution in [-0.2, 0) is 9.47 Å². The quantitative estimate of drug-likeness (QED) is 0.888. The van der Waals surface area contributed by atoms with Gasteiger partial charge in [-0.25, -0.2) is 4.39 Å². The van der Waals surface area contributed by atoms with E-state index >= 15 is 0 Å². The Hall–Kier alpha value is -1.63. The van der Waals surface area contributed by atoms with Crippen molar-refractivity contribution >= 4 is 16.7 Å². The number of anilines is 1. The smallest absolute Gasteiger partial charge is 0.184 e. The minimum Gasteiger partial charge on any atom is -0.459 e. The molecule has 0 saturated carbocycles. The summed E-state index contributed by atoms with van der Waals surface area (Å²) in [7, 11) is 0. The van der Waals surface area contributed by atoms with E-state index in [-0.39, 0.29) is 5.58 Å². The molecule has 1 fully saturated rings. The summed E-state index contributed by atoms with van der Waals surface area (Å²) >= 11 is 0. The van der Waals surface area contributed by atoms with Gasteiger partial charge in [0.05, 0.1) is 25.0 Å². The SMILES string of the molecule is CC[C@@H](O)CNc1coc2c(F)c(C)c(C3OCCO3)cc12. The van der Waals surface area contributed by atoms with E-state index in [0.29, 0.717) is 48.4 Å².